The maximum Gasteiger partial charge on any atom is 0.343 e. The van der Waals surface area contributed by atoms with Gasteiger partial charge in [-0.1, -0.05) is 46.9 Å². The lowest BCUT2D eigenvalue weighted by atomic mass is 9.86. The van der Waals surface area contributed by atoms with E-state index in [9.17, 15) is 19.5 Å². The first-order chi connectivity index (χ1) is 17.8. The molecule has 1 N–H and O–H groups in total. The highest BCUT2D eigenvalue weighted by Crippen LogP contribution is 2.40. The SMILES string of the molecule is CC[C@@]1(O)C(=O)OCc2c1cc1n(c2=O)Cc2cc3c(OC(C)=O)ccc([Si](C)(C)C(C)C(C)C)c3nc2-1. The Balaban J connectivity index is 1.80. The number of carbonyl (C=O) groups is 2. The number of aliphatic hydroxyl groups is 1. The number of esters is 2. The Labute approximate surface area is 222 Å². The molecule has 2 aromatic heterocycles. The number of cyclic esters (lactones) is 1. The van der Waals surface area contributed by atoms with Crippen LogP contribution in [-0.2, 0) is 33.1 Å². The van der Waals surface area contributed by atoms with Crippen LogP contribution in [0.3, 0.4) is 0 Å². The Kier molecular flexibility index (Phi) is 6.15. The highest BCUT2D eigenvalue weighted by atomic mass is 28.3. The van der Waals surface area contributed by atoms with E-state index in [1.165, 1.54) is 6.92 Å². The summed E-state index contributed by atoms with van der Waals surface area (Å²) >= 11 is 0. The van der Waals surface area contributed by atoms with E-state index in [4.69, 9.17) is 14.5 Å². The predicted molar refractivity (Wildman–Crippen MR) is 147 cm³/mol. The number of aromatic nitrogens is 2. The molecule has 2 atom stereocenters. The van der Waals surface area contributed by atoms with Crippen molar-refractivity contribution in [2.45, 2.75) is 78.4 Å². The predicted octanol–water partition coefficient (Wildman–Crippen LogP) is 3.97. The molecule has 1 unspecified atom stereocenters. The van der Waals surface area contributed by atoms with Crippen molar-refractivity contribution in [3.05, 3.63) is 51.3 Å². The first kappa shape index (κ1) is 26.3. The fraction of sp³-hybridized carbons (Fsp3) is 0.448. The third-order valence-corrected chi connectivity index (χ3v) is 13.5. The molecular weight excluding hydrogens is 500 g/mol. The maximum atomic E-state index is 13.6. The van der Waals surface area contributed by atoms with Crippen LogP contribution in [0.1, 0.15) is 57.7 Å². The summed E-state index contributed by atoms with van der Waals surface area (Å²) < 4.78 is 12.4. The number of carbonyl (C=O) groups excluding carboxylic acids is 2. The van der Waals surface area contributed by atoms with Crippen LogP contribution < -0.4 is 15.5 Å². The van der Waals surface area contributed by atoms with Crippen LogP contribution in [0.5, 0.6) is 5.75 Å². The zero-order valence-corrected chi connectivity index (χ0v) is 24.0. The van der Waals surface area contributed by atoms with Gasteiger partial charge in [-0.2, -0.15) is 0 Å². The van der Waals surface area contributed by atoms with Gasteiger partial charge in [-0.05, 0) is 41.3 Å². The van der Waals surface area contributed by atoms with E-state index in [1.807, 2.05) is 18.2 Å². The van der Waals surface area contributed by atoms with E-state index < -0.39 is 25.6 Å². The van der Waals surface area contributed by atoms with Gasteiger partial charge in [0.15, 0.2) is 5.60 Å². The molecule has 3 aromatic rings. The second kappa shape index (κ2) is 8.88. The van der Waals surface area contributed by atoms with E-state index >= 15 is 0 Å². The van der Waals surface area contributed by atoms with Crippen LogP contribution >= 0.6 is 0 Å². The number of benzene rings is 1. The van der Waals surface area contributed by atoms with Gasteiger partial charge in [-0.15, -0.1) is 0 Å². The molecule has 4 heterocycles. The number of hydrogen-bond acceptors (Lipinski definition) is 7. The van der Waals surface area contributed by atoms with Gasteiger partial charge in [-0.3, -0.25) is 9.59 Å². The monoisotopic (exact) mass is 534 g/mol. The summed E-state index contributed by atoms with van der Waals surface area (Å²) in [5, 5.41) is 13.1. The van der Waals surface area contributed by atoms with Crippen LogP contribution in [0.2, 0.25) is 18.6 Å². The average Bonchev–Trinajstić information content (AvgIpc) is 3.22. The van der Waals surface area contributed by atoms with E-state index in [2.05, 4.69) is 33.9 Å². The van der Waals surface area contributed by atoms with E-state index in [0.29, 0.717) is 34.2 Å². The summed E-state index contributed by atoms with van der Waals surface area (Å²) in [6.07, 6.45) is 0.0858. The number of hydrogen-bond donors (Lipinski definition) is 1. The lowest BCUT2D eigenvalue weighted by Crippen LogP contribution is -2.47. The van der Waals surface area contributed by atoms with Gasteiger partial charge in [0, 0.05) is 23.4 Å². The third kappa shape index (κ3) is 3.74. The van der Waals surface area contributed by atoms with Crippen LogP contribution in [0.4, 0.5) is 0 Å². The van der Waals surface area contributed by atoms with Crippen molar-refractivity contribution in [1.82, 2.24) is 9.55 Å². The molecule has 2 aliphatic heterocycles. The van der Waals surface area contributed by atoms with Crippen molar-refractivity contribution in [2.75, 3.05) is 0 Å². The van der Waals surface area contributed by atoms with Crippen molar-refractivity contribution >= 4 is 36.1 Å². The Morgan fingerprint density at radius 1 is 1.24 bits per heavy atom. The Morgan fingerprint density at radius 3 is 2.58 bits per heavy atom. The lowest BCUT2D eigenvalue weighted by Gasteiger charge is -2.34. The van der Waals surface area contributed by atoms with Crippen LogP contribution in [0, 0.1) is 5.92 Å². The van der Waals surface area contributed by atoms with Crippen LogP contribution in [0.15, 0.2) is 29.1 Å². The standard InChI is InChI=1S/C29H34N2O6Si/c1-8-29(35)21-12-22-25-18(13-31(22)27(33)20(21)14-36-28(29)34)11-19-23(37-17(5)32)9-10-24(26(19)30-25)38(6,7)16(4)15(2)3/h9-12,15-16,35H,8,13-14H2,1-7H3/t16?,29-/m0/s1. The molecule has 0 radical (unpaired) electrons. The summed E-state index contributed by atoms with van der Waals surface area (Å²) in [6.45, 7) is 14.6. The Morgan fingerprint density at radius 2 is 1.95 bits per heavy atom. The Hall–Kier alpha value is -3.30. The number of pyridine rings is 2. The zero-order chi connectivity index (χ0) is 27.7. The molecule has 1 aromatic carbocycles. The molecule has 0 aliphatic carbocycles. The minimum absolute atomic E-state index is 0.0858. The molecule has 0 saturated carbocycles. The molecule has 38 heavy (non-hydrogen) atoms. The van der Waals surface area contributed by atoms with Crippen LogP contribution in [-0.4, -0.2) is 34.7 Å². The number of ether oxygens (including phenoxy) is 2. The minimum atomic E-state index is -2.04. The average molecular weight is 535 g/mol. The summed E-state index contributed by atoms with van der Waals surface area (Å²) in [6, 6.07) is 7.57. The lowest BCUT2D eigenvalue weighted by molar-refractivity contribution is -0.172. The van der Waals surface area contributed by atoms with Crippen molar-refractivity contribution in [2.24, 2.45) is 5.92 Å². The highest BCUT2D eigenvalue weighted by Gasteiger charge is 2.45. The first-order valence-electron chi connectivity index (χ1n) is 13.1. The van der Waals surface area contributed by atoms with E-state index in [-0.39, 0.29) is 30.7 Å². The largest absolute Gasteiger partial charge is 0.458 e. The molecule has 9 heteroatoms. The molecular formula is C29H34N2O6Si. The molecule has 2 aliphatic rings. The fourth-order valence-electron chi connectivity index (χ4n) is 5.88. The molecule has 200 valence electrons. The summed E-state index contributed by atoms with van der Waals surface area (Å²) in [4.78, 5) is 43.1. The van der Waals surface area contributed by atoms with E-state index in [1.54, 1.807) is 17.6 Å². The minimum Gasteiger partial charge on any atom is -0.458 e. The maximum absolute atomic E-state index is 13.6. The number of fused-ring (bicyclic) bond motifs is 5. The van der Waals surface area contributed by atoms with Gasteiger partial charge in [0.25, 0.3) is 5.56 Å². The Bertz CT molecular complexity index is 1570. The molecule has 0 amide bonds. The van der Waals surface area contributed by atoms with Gasteiger partial charge in [-0.25, -0.2) is 9.78 Å². The zero-order valence-electron chi connectivity index (χ0n) is 23.0. The number of nitrogens with zero attached hydrogens (tertiary/aromatic N) is 2. The summed E-state index contributed by atoms with van der Waals surface area (Å²) in [5.74, 6) is -0.241. The smallest absolute Gasteiger partial charge is 0.343 e. The molecule has 0 fully saturated rings. The second-order valence-electron chi connectivity index (χ2n) is 11.5. The van der Waals surface area contributed by atoms with Gasteiger partial charge in [0.2, 0.25) is 0 Å². The van der Waals surface area contributed by atoms with Gasteiger partial charge in [0.1, 0.15) is 12.4 Å². The second-order valence-corrected chi connectivity index (χ2v) is 16.3. The van der Waals surface area contributed by atoms with Crippen molar-refractivity contribution in [1.29, 1.82) is 0 Å². The summed E-state index contributed by atoms with van der Waals surface area (Å²) in [5.41, 5.74) is 1.62. The van der Waals surface area contributed by atoms with Crippen molar-refractivity contribution < 1.29 is 24.2 Å². The fourth-order valence-corrected chi connectivity index (χ4v) is 9.35. The molecule has 8 nitrogen and oxygen atoms in total. The molecule has 0 saturated heterocycles. The van der Waals surface area contributed by atoms with Gasteiger partial charge < -0.3 is 19.1 Å². The normalized spacial score (nSPS) is 19.1. The van der Waals surface area contributed by atoms with Crippen LogP contribution in [0.25, 0.3) is 22.3 Å². The first-order valence-corrected chi connectivity index (χ1v) is 16.2. The highest BCUT2D eigenvalue weighted by molar-refractivity contribution is 6.92. The summed E-state index contributed by atoms with van der Waals surface area (Å²) in [7, 11) is -2.04. The quantitative estimate of drug-likeness (QED) is 0.235. The molecule has 5 rings (SSSR count). The number of rotatable bonds is 5. The van der Waals surface area contributed by atoms with E-state index in [0.717, 1.165) is 21.7 Å². The van der Waals surface area contributed by atoms with Crippen molar-refractivity contribution in [3.63, 3.8) is 0 Å². The molecule has 0 spiro atoms. The van der Waals surface area contributed by atoms with Crippen molar-refractivity contribution in [3.8, 4) is 17.1 Å². The molecule has 0 bridgehead atoms. The topological polar surface area (TPSA) is 108 Å². The van der Waals surface area contributed by atoms with Gasteiger partial charge >= 0.3 is 11.9 Å². The third-order valence-electron chi connectivity index (χ3n) is 8.72. The van der Waals surface area contributed by atoms with Gasteiger partial charge in [0.05, 0.1) is 37.1 Å².